The van der Waals surface area contributed by atoms with Gasteiger partial charge in [-0.25, -0.2) is 8.42 Å². The number of carbonyl (C=O) groups excluding carboxylic acids is 1. The molecule has 2 aliphatic rings. The van der Waals surface area contributed by atoms with Crippen LogP contribution in [0.4, 0.5) is 5.69 Å². The van der Waals surface area contributed by atoms with E-state index in [1.807, 2.05) is 0 Å². The maximum absolute atomic E-state index is 13.3. The number of rotatable bonds is 6. The van der Waals surface area contributed by atoms with Crippen molar-refractivity contribution < 1.29 is 27.4 Å². The second kappa shape index (κ2) is 8.99. The maximum Gasteiger partial charge on any atom is 0.258 e. The zero-order valence-electron chi connectivity index (χ0n) is 18.6. The van der Waals surface area contributed by atoms with E-state index in [2.05, 4.69) is 0 Å². The Labute approximate surface area is 188 Å². The molecule has 8 nitrogen and oxygen atoms in total. The molecular formula is C23H28N2O6S. The Bertz CT molecular complexity index is 1100. The quantitative estimate of drug-likeness (QED) is 0.659. The van der Waals surface area contributed by atoms with E-state index in [-0.39, 0.29) is 5.91 Å². The van der Waals surface area contributed by atoms with E-state index in [0.717, 1.165) is 30.5 Å². The fourth-order valence-electron chi connectivity index (χ4n) is 4.36. The summed E-state index contributed by atoms with van der Waals surface area (Å²) in [5.41, 5.74) is 1.97. The summed E-state index contributed by atoms with van der Waals surface area (Å²) in [7, 11) is 0.994. The summed E-state index contributed by atoms with van der Waals surface area (Å²) in [6.45, 7) is 1.59. The largest absolute Gasteiger partial charge is 0.493 e. The van der Waals surface area contributed by atoms with Crippen LogP contribution in [0.3, 0.4) is 0 Å². The summed E-state index contributed by atoms with van der Waals surface area (Å²) in [5.74, 6) is 1.01. The number of carbonyl (C=O) groups is 1. The van der Waals surface area contributed by atoms with E-state index in [4.69, 9.17) is 14.2 Å². The lowest BCUT2D eigenvalue weighted by molar-refractivity contribution is 0.0988. The van der Waals surface area contributed by atoms with Crippen molar-refractivity contribution in [1.82, 2.24) is 4.31 Å². The highest BCUT2D eigenvalue weighted by Gasteiger charge is 2.31. The van der Waals surface area contributed by atoms with Crippen molar-refractivity contribution >= 4 is 21.6 Å². The lowest BCUT2D eigenvalue weighted by Crippen LogP contribution is -2.35. The minimum absolute atomic E-state index is 0.213. The number of amides is 1. The summed E-state index contributed by atoms with van der Waals surface area (Å²) in [6, 6.07) is 8.29. The zero-order chi connectivity index (χ0) is 22.9. The number of anilines is 1. The van der Waals surface area contributed by atoms with Crippen molar-refractivity contribution in [3.63, 3.8) is 0 Å². The molecule has 1 saturated heterocycles. The van der Waals surface area contributed by atoms with E-state index in [1.54, 1.807) is 39.5 Å². The fraction of sp³-hybridized carbons (Fsp3) is 0.435. The standard InChI is InChI=1S/C23H28N2O6S/c1-29-20-14-17(15-21(30-2)22(20)31-3)23(26)25-12-9-16-13-18(7-8-19(16)25)32(27,28)24-10-5-4-6-11-24/h7-8,13-15H,4-6,9-12H2,1-3H3. The Morgan fingerprint density at radius 2 is 1.53 bits per heavy atom. The van der Waals surface area contributed by atoms with Crippen LogP contribution in [0.15, 0.2) is 35.2 Å². The third-order valence-electron chi connectivity index (χ3n) is 6.06. The van der Waals surface area contributed by atoms with Gasteiger partial charge in [0, 0.05) is 30.9 Å². The normalized spacial score (nSPS) is 16.5. The molecule has 32 heavy (non-hydrogen) atoms. The molecule has 1 amide bonds. The van der Waals surface area contributed by atoms with Gasteiger partial charge in [0.15, 0.2) is 11.5 Å². The van der Waals surface area contributed by atoms with E-state index in [0.29, 0.717) is 53.8 Å². The van der Waals surface area contributed by atoms with Crippen molar-refractivity contribution in [3.8, 4) is 17.2 Å². The first-order valence-electron chi connectivity index (χ1n) is 10.7. The molecule has 2 aromatic rings. The van der Waals surface area contributed by atoms with Gasteiger partial charge in [0.25, 0.3) is 5.91 Å². The van der Waals surface area contributed by atoms with Gasteiger partial charge in [0.05, 0.1) is 26.2 Å². The molecule has 0 spiro atoms. The molecule has 0 bridgehead atoms. The average Bonchev–Trinajstić information content (AvgIpc) is 3.26. The van der Waals surface area contributed by atoms with Crippen molar-refractivity contribution in [2.75, 3.05) is 45.9 Å². The first kappa shape index (κ1) is 22.4. The number of sulfonamides is 1. The summed E-state index contributed by atoms with van der Waals surface area (Å²) in [5, 5.41) is 0. The van der Waals surface area contributed by atoms with Crippen molar-refractivity contribution in [1.29, 1.82) is 0 Å². The van der Waals surface area contributed by atoms with Crippen molar-refractivity contribution in [2.24, 2.45) is 0 Å². The Kier molecular flexibility index (Phi) is 6.30. The SMILES string of the molecule is COc1cc(C(=O)N2CCc3cc(S(=O)(=O)N4CCCCC4)ccc32)cc(OC)c1OC. The zero-order valence-corrected chi connectivity index (χ0v) is 19.4. The highest BCUT2D eigenvalue weighted by molar-refractivity contribution is 7.89. The second-order valence-electron chi connectivity index (χ2n) is 7.88. The molecule has 0 saturated carbocycles. The van der Waals surface area contributed by atoms with Crippen molar-refractivity contribution in [2.45, 2.75) is 30.6 Å². The monoisotopic (exact) mass is 460 g/mol. The van der Waals surface area contributed by atoms with Gasteiger partial charge in [-0.15, -0.1) is 0 Å². The molecule has 0 unspecified atom stereocenters. The van der Waals surface area contributed by atoms with Gasteiger partial charge in [-0.1, -0.05) is 6.42 Å². The van der Waals surface area contributed by atoms with Gasteiger partial charge in [-0.3, -0.25) is 4.79 Å². The Morgan fingerprint density at radius 3 is 2.12 bits per heavy atom. The van der Waals surface area contributed by atoms with E-state index >= 15 is 0 Å². The number of fused-ring (bicyclic) bond motifs is 1. The number of hydrogen-bond acceptors (Lipinski definition) is 6. The summed E-state index contributed by atoms with van der Waals surface area (Å²) in [4.78, 5) is 15.3. The van der Waals surface area contributed by atoms with Crippen LogP contribution >= 0.6 is 0 Å². The molecule has 2 aromatic carbocycles. The van der Waals surface area contributed by atoms with Crippen LogP contribution in [0, 0.1) is 0 Å². The first-order valence-corrected chi connectivity index (χ1v) is 12.1. The van der Waals surface area contributed by atoms with Gasteiger partial charge < -0.3 is 19.1 Å². The smallest absolute Gasteiger partial charge is 0.258 e. The first-order chi connectivity index (χ1) is 15.4. The molecule has 2 heterocycles. The Hall–Kier alpha value is -2.78. The van der Waals surface area contributed by atoms with Crippen LogP contribution < -0.4 is 19.1 Å². The molecule has 0 radical (unpaired) electrons. The van der Waals surface area contributed by atoms with Crippen LogP contribution in [-0.4, -0.2) is 59.6 Å². The minimum atomic E-state index is -3.52. The molecule has 1 fully saturated rings. The van der Waals surface area contributed by atoms with Gasteiger partial charge in [-0.2, -0.15) is 4.31 Å². The van der Waals surface area contributed by atoms with Crippen LogP contribution in [0.5, 0.6) is 17.2 Å². The van der Waals surface area contributed by atoms with Crippen LogP contribution in [0.25, 0.3) is 0 Å². The maximum atomic E-state index is 13.3. The number of benzene rings is 2. The molecule has 4 rings (SSSR count). The van der Waals surface area contributed by atoms with Gasteiger partial charge in [0.2, 0.25) is 15.8 Å². The Morgan fingerprint density at radius 1 is 0.875 bits per heavy atom. The molecule has 0 aromatic heterocycles. The van der Waals surface area contributed by atoms with Crippen LogP contribution in [0.1, 0.15) is 35.2 Å². The molecule has 0 atom stereocenters. The number of ether oxygens (including phenoxy) is 3. The minimum Gasteiger partial charge on any atom is -0.493 e. The number of nitrogens with zero attached hydrogens (tertiary/aromatic N) is 2. The second-order valence-corrected chi connectivity index (χ2v) is 9.81. The lowest BCUT2D eigenvalue weighted by atomic mass is 10.1. The van der Waals surface area contributed by atoms with Crippen LogP contribution in [-0.2, 0) is 16.4 Å². The van der Waals surface area contributed by atoms with Gasteiger partial charge >= 0.3 is 0 Å². The van der Waals surface area contributed by atoms with Crippen molar-refractivity contribution in [3.05, 3.63) is 41.5 Å². The van der Waals surface area contributed by atoms with E-state index < -0.39 is 10.0 Å². The average molecular weight is 461 g/mol. The predicted molar refractivity (Wildman–Crippen MR) is 121 cm³/mol. The third-order valence-corrected chi connectivity index (χ3v) is 7.95. The Balaban J connectivity index is 1.63. The van der Waals surface area contributed by atoms with Gasteiger partial charge in [-0.05, 0) is 55.2 Å². The molecular weight excluding hydrogens is 432 g/mol. The summed E-state index contributed by atoms with van der Waals surface area (Å²) >= 11 is 0. The number of hydrogen-bond donors (Lipinski definition) is 0. The summed E-state index contributed by atoms with van der Waals surface area (Å²) < 4.78 is 43.7. The van der Waals surface area contributed by atoms with Crippen LogP contribution in [0.2, 0.25) is 0 Å². The molecule has 2 aliphatic heterocycles. The highest BCUT2D eigenvalue weighted by atomic mass is 32.2. The van der Waals surface area contributed by atoms with E-state index in [1.165, 1.54) is 21.3 Å². The number of methoxy groups -OCH3 is 3. The summed E-state index contributed by atoms with van der Waals surface area (Å²) in [6.07, 6.45) is 3.44. The molecule has 9 heteroatoms. The lowest BCUT2D eigenvalue weighted by Gasteiger charge is -2.26. The molecule has 172 valence electrons. The van der Waals surface area contributed by atoms with E-state index in [9.17, 15) is 13.2 Å². The topological polar surface area (TPSA) is 85.4 Å². The molecule has 0 aliphatic carbocycles. The van der Waals surface area contributed by atoms with Gasteiger partial charge in [0.1, 0.15) is 0 Å². The fourth-order valence-corrected chi connectivity index (χ4v) is 5.93. The number of piperidine rings is 1. The third kappa shape index (κ3) is 3.91. The molecule has 0 N–H and O–H groups in total. The predicted octanol–water partition coefficient (Wildman–Crippen LogP) is 3.09. The highest BCUT2D eigenvalue weighted by Crippen LogP contribution is 2.39.